The van der Waals surface area contributed by atoms with Gasteiger partial charge in [-0.15, -0.1) is 0 Å². The maximum Gasteiger partial charge on any atom is 0.0515 e. The lowest BCUT2D eigenvalue weighted by atomic mass is 10.0. The molecule has 2 nitrogen and oxygen atoms in total. The monoisotopic (exact) mass is 170 g/mol. The fraction of sp³-hybridized carbons (Fsp3) is 0.800. The van der Waals surface area contributed by atoms with E-state index in [0.29, 0.717) is 5.92 Å². The summed E-state index contributed by atoms with van der Waals surface area (Å²) in [5, 5.41) is 18.0. The SMILES string of the molecule is CC/C(C)=C\[C@H]1CC1(CO)CO. The normalized spacial score (nSPS) is 27.3. The van der Waals surface area contributed by atoms with E-state index in [1.54, 1.807) is 0 Å². The molecule has 0 aliphatic heterocycles. The van der Waals surface area contributed by atoms with Crippen LogP contribution in [0.3, 0.4) is 0 Å². The molecule has 2 heteroatoms. The van der Waals surface area contributed by atoms with Gasteiger partial charge in [-0.05, 0) is 25.7 Å². The zero-order valence-corrected chi connectivity index (χ0v) is 7.88. The molecule has 1 rings (SSSR count). The first kappa shape index (κ1) is 9.75. The van der Waals surface area contributed by atoms with Crippen LogP contribution in [-0.4, -0.2) is 23.4 Å². The van der Waals surface area contributed by atoms with E-state index in [9.17, 15) is 0 Å². The summed E-state index contributed by atoms with van der Waals surface area (Å²) in [5.74, 6) is 0.410. The van der Waals surface area contributed by atoms with E-state index in [2.05, 4.69) is 19.9 Å². The minimum atomic E-state index is -0.184. The Morgan fingerprint density at radius 3 is 2.42 bits per heavy atom. The highest BCUT2D eigenvalue weighted by atomic mass is 16.3. The first-order chi connectivity index (χ1) is 5.68. The van der Waals surface area contributed by atoms with Gasteiger partial charge in [0, 0.05) is 5.41 Å². The van der Waals surface area contributed by atoms with Gasteiger partial charge in [0.1, 0.15) is 0 Å². The van der Waals surface area contributed by atoms with Crippen molar-refractivity contribution in [2.45, 2.75) is 26.7 Å². The second-order valence-electron chi connectivity index (χ2n) is 3.86. The number of rotatable bonds is 4. The Hall–Kier alpha value is -0.340. The zero-order valence-electron chi connectivity index (χ0n) is 7.88. The topological polar surface area (TPSA) is 40.5 Å². The second kappa shape index (κ2) is 3.58. The highest BCUT2D eigenvalue weighted by Gasteiger charge is 2.51. The zero-order chi connectivity index (χ0) is 9.19. The van der Waals surface area contributed by atoms with Crippen LogP contribution in [0.5, 0.6) is 0 Å². The molecule has 2 N–H and O–H groups in total. The van der Waals surface area contributed by atoms with Gasteiger partial charge in [0.15, 0.2) is 0 Å². The fourth-order valence-corrected chi connectivity index (χ4v) is 1.49. The van der Waals surface area contributed by atoms with Gasteiger partial charge in [-0.1, -0.05) is 18.6 Å². The quantitative estimate of drug-likeness (QED) is 0.625. The minimum Gasteiger partial charge on any atom is -0.396 e. The predicted octanol–water partition coefficient (Wildman–Crippen LogP) is 1.33. The van der Waals surface area contributed by atoms with Crippen LogP contribution in [0.15, 0.2) is 11.6 Å². The molecule has 0 bridgehead atoms. The molecule has 70 valence electrons. The van der Waals surface area contributed by atoms with Gasteiger partial charge in [0.05, 0.1) is 13.2 Å². The third kappa shape index (κ3) is 1.70. The Bertz CT molecular complexity index is 180. The summed E-state index contributed by atoms with van der Waals surface area (Å²) in [6, 6.07) is 0. The Morgan fingerprint density at radius 1 is 1.50 bits per heavy atom. The van der Waals surface area contributed by atoms with E-state index in [1.807, 2.05) is 0 Å². The molecule has 1 saturated carbocycles. The van der Waals surface area contributed by atoms with Crippen LogP contribution in [0, 0.1) is 11.3 Å². The molecule has 0 saturated heterocycles. The van der Waals surface area contributed by atoms with Gasteiger partial charge in [0.25, 0.3) is 0 Å². The van der Waals surface area contributed by atoms with Crippen molar-refractivity contribution >= 4 is 0 Å². The third-order valence-corrected chi connectivity index (χ3v) is 2.93. The molecule has 12 heavy (non-hydrogen) atoms. The lowest BCUT2D eigenvalue weighted by Gasteiger charge is -2.07. The van der Waals surface area contributed by atoms with Crippen molar-refractivity contribution in [1.82, 2.24) is 0 Å². The highest BCUT2D eigenvalue weighted by molar-refractivity contribution is 5.15. The summed E-state index contributed by atoms with van der Waals surface area (Å²) in [4.78, 5) is 0. The number of hydrogen-bond donors (Lipinski definition) is 2. The van der Waals surface area contributed by atoms with Crippen molar-refractivity contribution in [1.29, 1.82) is 0 Å². The Morgan fingerprint density at radius 2 is 2.08 bits per heavy atom. The van der Waals surface area contributed by atoms with Crippen LogP contribution in [-0.2, 0) is 0 Å². The highest BCUT2D eigenvalue weighted by Crippen LogP contribution is 2.53. The maximum atomic E-state index is 9.02. The van der Waals surface area contributed by atoms with E-state index < -0.39 is 0 Å². The summed E-state index contributed by atoms with van der Waals surface area (Å²) >= 11 is 0. The molecular weight excluding hydrogens is 152 g/mol. The van der Waals surface area contributed by atoms with Crippen molar-refractivity contribution in [3.8, 4) is 0 Å². The van der Waals surface area contributed by atoms with Crippen molar-refractivity contribution < 1.29 is 10.2 Å². The number of hydrogen-bond acceptors (Lipinski definition) is 2. The molecular formula is C10H18O2. The van der Waals surface area contributed by atoms with Gasteiger partial charge >= 0.3 is 0 Å². The van der Waals surface area contributed by atoms with E-state index in [1.165, 1.54) is 5.57 Å². The summed E-state index contributed by atoms with van der Waals surface area (Å²) in [5.41, 5.74) is 1.17. The average Bonchev–Trinajstić information content (AvgIpc) is 2.79. The first-order valence-electron chi connectivity index (χ1n) is 4.57. The van der Waals surface area contributed by atoms with E-state index in [-0.39, 0.29) is 18.6 Å². The van der Waals surface area contributed by atoms with Gasteiger partial charge < -0.3 is 10.2 Å². The molecule has 0 spiro atoms. The van der Waals surface area contributed by atoms with Crippen molar-refractivity contribution in [3.05, 3.63) is 11.6 Å². The number of aliphatic hydroxyl groups is 2. The molecule has 0 heterocycles. The molecule has 1 fully saturated rings. The summed E-state index contributed by atoms with van der Waals surface area (Å²) in [7, 11) is 0. The molecule has 0 aromatic heterocycles. The van der Waals surface area contributed by atoms with Crippen LogP contribution in [0.4, 0.5) is 0 Å². The van der Waals surface area contributed by atoms with E-state index in [0.717, 1.165) is 12.8 Å². The average molecular weight is 170 g/mol. The summed E-state index contributed by atoms with van der Waals surface area (Å²) in [6.07, 6.45) is 4.19. The molecule has 1 aliphatic carbocycles. The van der Waals surface area contributed by atoms with Gasteiger partial charge in [-0.3, -0.25) is 0 Å². The standard InChI is InChI=1S/C10H18O2/c1-3-8(2)4-9-5-10(9,6-11)7-12/h4,9,11-12H,3,5-7H2,1-2H3/b8-4-/t9-/m0/s1. The molecule has 1 aliphatic rings. The number of allylic oxidation sites excluding steroid dienone is 2. The van der Waals surface area contributed by atoms with Crippen LogP contribution in [0.25, 0.3) is 0 Å². The van der Waals surface area contributed by atoms with Crippen molar-refractivity contribution in [2.24, 2.45) is 11.3 Å². The molecule has 0 aromatic rings. The maximum absolute atomic E-state index is 9.02. The second-order valence-corrected chi connectivity index (χ2v) is 3.86. The summed E-state index contributed by atoms with van der Waals surface area (Å²) in [6.45, 7) is 4.44. The summed E-state index contributed by atoms with van der Waals surface area (Å²) < 4.78 is 0. The lowest BCUT2D eigenvalue weighted by Crippen LogP contribution is -2.14. The Balaban J connectivity index is 2.50. The molecule has 0 radical (unpaired) electrons. The van der Waals surface area contributed by atoms with Gasteiger partial charge in [0.2, 0.25) is 0 Å². The van der Waals surface area contributed by atoms with Crippen molar-refractivity contribution in [2.75, 3.05) is 13.2 Å². The Kier molecular flexibility index (Phi) is 2.91. The van der Waals surface area contributed by atoms with Crippen LogP contribution < -0.4 is 0 Å². The lowest BCUT2D eigenvalue weighted by molar-refractivity contribution is 0.126. The molecule has 1 atom stereocenters. The number of aliphatic hydroxyl groups excluding tert-OH is 2. The minimum absolute atomic E-state index is 0.113. The van der Waals surface area contributed by atoms with Crippen molar-refractivity contribution in [3.63, 3.8) is 0 Å². The van der Waals surface area contributed by atoms with Crippen LogP contribution >= 0.6 is 0 Å². The van der Waals surface area contributed by atoms with Crippen LogP contribution in [0.1, 0.15) is 26.7 Å². The molecule has 0 unspecified atom stereocenters. The third-order valence-electron chi connectivity index (χ3n) is 2.93. The van der Waals surface area contributed by atoms with Gasteiger partial charge in [-0.25, -0.2) is 0 Å². The fourth-order valence-electron chi connectivity index (χ4n) is 1.49. The van der Waals surface area contributed by atoms with Gasteiger partial charge in [-0.2, -0.15) is 0 Å². The largest absolute Gasteiger partial charge is 0.396 e. The van der Waals surface area contributed by atoms with Crippen LogP contribution in [0.2, 0.25) is 0 Å². The van der Waals surface area contributed by atoms with E-state index >= 15 is 0 Å². The predicted molar refractivity (Wildman–Crippen MR) is 48.8 cm³/mol. The molecule has 0 aromatic carbocycles. The smallest absolute Gasteiger partial charge is 0.0515 e. The first-order valence-corrected chi connectivity index (χ1v) is 4.57. The van der Waals surface area contributed by atoms with E-state index in [4.69, 9.17) is 10.2 Å². The molecule has 0 amide bonds. The Labute approximate surface area is 73.9 Å².